The average molecular weight is 239 g/mol. The fraction of sp³-hybridized carbons (Fsp3) is 0.286. The van der Waals surface area contributed by atoms with E-state index in [1.54, 1.807) is 0 Å². The highest BCUT2D eigenvalue weighted by Crippen LogP contribution is 2.02. The van der Waals surface area contributed by atoms with Gasteiger partial charge in [0.15, 0.2) is 11.5 Å². The predicted octanol–water partition coefficient (Wildman–Crippen LogP) is 0.475. The van der Waals surface area contributed by atoms with Crippen molar-refractivity contribution in [3.63, 3.8) is 0 Å². The lowest BCUT2D eigenvalue weighted by atomic mass is 10.4. The Labute approximate surface area is 90.5 Å². The van der Waals surface area contributed by atoms with Gasteiger partial charge in [-0.2, -0.15) is 0 Å². The van der Waals surface area contributed by atoms with E-state index in [4.69, 9.17) is 5.73 Å². The van der Waals surface area contributed by atoms with E-state index in [1.165, 1.54) is 12.4 Å². The Balaban J connectivity index is 0.00000196. The first-order valence-corrected chi connectivity index (χ1v) is 3.74. The summed E-state index contributed by atoms with van der Waals surface area (Å²) in [5.74, 6) is -0.838. The molecule has 0 saturated carbocycles. The number of anilines is 1. The zero-order valence-electron chi connectivity index (χ0n) is 7.48. The maximum atomic E-state index is 11.7. The topological polar surface area (TPSA) is 80.9 Å². The second-order valence-corrected chi connectivity index (χ2v) is 2.39. The van der Waals surface area contributed by atoms with E-state index in [0.717, 1.165) is 0 Å². The van der Waals surface area contributed by atoms with E-state index in [2.05, 4.69) is 9.97 Å². The van der Waals surface area contributed by atoms with Crippen LogP contribution in [0.25, 0.3) is 0 Å². The predicted molar refractivity (Wildman–Crippen MR) is 52.0 cm³/mol. The van der Waals surface area contributed by atoms with Gasteiger partial charge in [-0.05, 0) is 0 Å². The number of hydrogen-bond donors (Lipinski definition) is 2. The number of carbonyl (C=O) groups excluding carboxylic acids is 1. The van der Waals surface area contributed by atoms with Crippen LogP contribution in [0.1, 0.15) is 10.5 Å². The number of hydrogen-bond acceptors (Lipinski definition) is 4. The van der Waals surface area contributed by atoms with Gasteiger partial charge in [0.2, 0.25) is 0 Å². The Kier molecular flexibility index (Phi) is 5.46. The SMILES string of the molecule is Cl.Nc1nccnc1C(=O)NCC(F)F. The van der Waals surface area contributed by atoms with Crippen molar-refractivity contribution in [1.29, 1.82) is 0 Å². The van der Waals surface area contributed by atoms with Crippen molar-refractivity contribution >= 4 is 24.1 Å². The van der Waals surface area contributed by atoms with Gasteiger partial charge in [0.25, 0.3) is 12.3 Å². The van der Waals surface area contributed by atoms with E-state index in [9.17, 15) is 13.6 Å². The summed E-state index contributed by atoms with van der Waals surface area (Å²) < 4.78 is 23.5. The average Bonchev–Trinajstić information content (AvgIpc) is 2.15. The molecule has 0 aliphatic heterocycles. The maximum Gasteiger partial charge on any atom is 0.273 e. The van der Waals surface area contributed by atoms with Gasteiger partial charge in [0.05, 0.1) is 6.54 Å². The highest BCUT2D eigenvalue weighted by Gasteiger charge is 2.13. The van der Waals surface area contributed by atoms with Crippen molar-refractivity contribution in [3.8, 4) is 0 Å². The molecule has 1 heterocycles. The van der Waals surface area contributed by atoms with Crippen molar-refractivity contribution in [2.24, 2.45) is 0 Å². The number of alkyl halides is 2. The smallest absolute Gasteiger partial charge is 0.273 e. The molecule has 0 aromatic carbocycles. The lowest BCUT2D eigenvalue weighted by Crippen LogP contribution is -2.30. The lowest BCUT2D eigenvalue weighted by molar-refractivity contribution is 0.0887. The van der Waals surface area contributed by atoms with E-state index in [0.29, 0.717) is 0 Å². The number of nitrogens with one attached hydrogen (secondary N) is 1. The minimum Gasteiger partial charge on any atom is -0.382 e. The van der Waals surface area contributed by atoms with E-state index in [1.807, 2.05) is 5.32 Å². The van der Waals surface area contributed by atoms with Crippen molar-refractivity contribution < 1.29 is 13.6 Å². The fourth-order valence-corrected chi connectivity index (χ4v) is 0.777. The Morgan fingerprint density at radius 3 is 2.60 bits per heavy atom. The number of aromatic nitrogens is 2. The number of nitrogens with two attached hydrogens (primary N) is 1. The van der Waals surface area contributed by atoms with Crippen LogP contribution in [0.5, 0.6) is 0 Å². The second kappa shape index (κ2) is 6.07. The first-order valence-electron chi connectivity index (χ1n) is 3.74. The van der Waals surface area contributed by atoms with Crippen LogP contribution in [0.2, 0.25) is 0 Å². The molecule has 0 saturated heterocycles. The summed E-state index contributed by atoms with van der Waals surface area (Å²) in [6.07, 6.45) is -0.0378. The van der Waals surface area contributed by atoms with Crippen molar-refractivity contribution in [2.75, 3.05) is 12.3 Å². The molecule has 0 aliphatic carbocycles. The summed E-state index contributed by atoms with van der Waals surface area (Å²) in [5, 5.41) is 1.97. The van der Waals surface area contributed by atoms with Gasteiger partial charge in [-0.25, -0.2) is 18.7 Å². The van der Waals surface area contributed by atoms with Crippen LogP contribution in [0.15, 0.2) is 12.4 Å². The fourth-order valence-electron chi connectivity index (χ4n) is 0.777. The highest BCUT2D eigenvalue weighted by molar-refractivity contribution is 5.96. The molecule has 1 aromatic rings. The summed E-state index contributed by atoms with van der Waals surface area (Å²) in [7, 11) is 0. The van der Waals surface area contributed by atoms with Crippen LogP contribution in [-0.4, -0.2) is 28.8 Å². The van der Waals surface area contributed by atoms with Crippen molar-refractivity contribution in [3.05, 3.63) is 18.1 Å². The molecule has 0 atom stereocenters. The monoisotopic (exact) mass is 238 g/mol. The molecular weight excluding hydrogens is 230 g/mol. The molecule has 8 heteroatoms. The standard InChI is InChI=1S/C7H8F2N4O.ClH/c8-4(9)3-13-7(14)5-6(10)12-2-1-11-5;/h1-2,4H,3H2,(H2,10,12)(H,13,14);1H. The molecule has 0 fully saturated rings. The summed E-state index contributed by atoms with van der Waals surface area (Å²) >= 11 is 0. The highest BCUT2D eigenvalue weighted by atomic mass is 35.5. The molecule has 1 amide bonds. The lowest BCUT2D eigenvalue weighted by Gasteiger charge is -2.04. The van der Waals surface area contributed by atoms with E-state index < -0.39 is 18.9 Å². The van der Waals surface area contributed by atoms with Crippen LogP contribution in [-0.2, 0) is 0 Å². The molecule has 0 bridgehead atoms. The van der Waals surface area contributed by atoms with Gasteiger partial charge in [-0.15, -0.1) is 12.4 Å². The number of rotatable bonds is 3. The normalized spacial score (nSPS) is 9.53. The third-order valence-corrected chi connectivity index (χ3v) is 1.36. The Morgan fingerprint density at radius 2 is 2.07 bits per heavy atom. The van der Waals surface area contributed by atoms with Crippen LogP contribution in [0, 0.1) is 0 Å². The van der Waals surface area contributed by atoms with Crippen molar-refractivity contribution in [1.82, 2.24) is 15.3 Å². The minimum atomic E-state index is -2.60. The third-order valence-electron chi connectivity index (χ3n) is 1.36. The Morgan fingerprint density at radius 1 is 1.47 bits per heavy atom. The number of nitrogen functional groups attached to an aromatic ring is 1. The molecule has 84 valence electrons. The van der Waals surface area contributed by atoms with Crippen LogP contribution in [0.3, 0.4) is 0 Å². The summed E-state index contributed by atoms with van der Waals surface area (Å²) in [4.78, 5) is 18.3. The third kappa shape index (κ3) is 4.03. The van der Waals surface area contributed by atoms with Crippen LogP contribution >= 0.6 is 12.4 Å². The number of carbonyl (C=O) groups is 1. The maximum absolute atomic E-state index is 11.7. The molecule has 0 unspecified atom stereocenters. The molecule has 0 radical (unpaired) electrons. The van der Waals surface area contributed by atoms with Gasteiger partial charge in [-0.1, -0.05) is 0 Å². The minimum absolute atomic E-state index is 0. The zero-order chi connectivity index (χ0) is 10.6. The molecule has 15 heavy (non-hydrogen) atoms. The number of nitrogens with zero attached hydrogens (tertiary/aromatic N) is 2. The molecular formula is C7H9ClF2N4O. The summed E-state index contributed by atoms with van der Waals surface area (Å²) in [6, 6.07) is 0. The largest absolute Gasteiger partial charge is 0.382 e. The molecule has 1 rings (SSSR count). The molecule has 5 nitrogen and oxygen atoms in total. The van der Waals surface area contributed by atoms with Crippen LogP contribution in [0.4, 0.5) is 14.6 Å². The summed E-state index contributed by atoms with van der Waals surface area (Å²) in [6.45, 7) is -0.727. The Bertz CT molecular complexity index is 337. The van der Waals surface area contributed by atoms with Gasteiger partial charge in [0.1, 0.15) is 0 Å². The van der Waals surface area contributed by atoms with Gasteiger partial charge >= 0.3 is 0 Å². The summed E-state index contributed by atoms with van der Waals surface area (Å²) in [5.41, 5.74) is 5.16. The Hall–Kier alpha value is -1.50. The molecule has 1 aromatic heterocycles. The first-order chi connectivity index (χ1) is 6.61. The second-order valence-electron chi connectivity index (χ2n) is 2.39. The van der Waals surface area contributed by atoms with Crippen LogP contribution < -0.4 is 11.1 Å². The van der Waals surface area contributed by atoms with Gasteiger partial charge in [-0.3, -0.25) is 4.79 Å². The van der Waals surface area contributed by atoms with E-state index >= 15 is 0 Å². The van der Waals surface area contributed by atoms with E-state index in [-0.39, 0.29) is 23.9 Å². The number of halogens is 3. The molecule has 0 spiro atoms. The number of amides is 1. The van der Waals surface area contributed by atoms with Gasteiger partial charge < -0.3 is 11.1 Å². The van der Waals surface area contributed by atoms with Crippen molar-refractivity contribution in [2.45, 2.75) is 6.43 Å². The molecule has 0 aliphatic rings. The first kappa shape index (κ1) is 13.5. The molecule has 3 N–H and O–H groups in total. The quantitative estimate of drug-likeness (QED) is 0.802. The zero-order valence-corrected chi connectivity index (χ0v) is 8.30. The van der Waals surface area contributed by atoms with Gasteiger partial charge in [0, 0.05) is 12.4 Å².